The quantitative estimate of drug-likeness (QED) is 0.814. The number of pyridine rings is 1. The Morgan fingerprint density at radius 1 is 1.32 bits per heavy atom. The molecule has 1 N–H and O–H groups in total. The van der Waals surface area contributed by atoms with Gasteiger partial charge in [0.15, 0.2) is 11.6 Å². The SMILES string of the molecule is O=C1CC[C@@](F)(C(=O)NCc2ccc(Cl)c(F)c2Cl)c2cccnc21. The maximum absolute atomic E-state index is 15.3. The van der Waals surface area contributed by atoms with Crippen molar-refractivity contribution in [2.75, 3.05) is 0 Å². The summed E-state index contributed by atoms with van der Waals surface area (Å²) in [6.45, 7) is -0.180. The third-order valence-corrected chi connectivity index (χ3v) is 4.81. The minimum atomic E-state index is -2.38. The molecule has 1 atom stereocenters. The highest BCUT2D eigenvalue weighted by atomic mass is 35.5. The summed E-state index contributed by atoms with van der Waals surface area (Å²) in [6.07, 6.45) is 0.972. The van der Waals surface area contributed by atoms with Crippen molar-refractivity contribution >= 4 is 34.9 Å². The van der Waals surface area contributed by atoms with Crippen molar-refractivity contribution in [1.82, 2.24) is 10.3 Å². The zero-order valence-corrected chi connectivity index (χ0v) is 14.3. The van der Waals surface area contributed by atoms with Crippen LogP contribution >= 0.6 is 23.2 Å². The molecule has 1 aromatic heterocycles. The minimum Gasteiger partial charge on any atom is -0.349 e. The molecule has 1 aromatic carbocycles. The number of Topliss-reactive ketones (excluding diaryl/α,β-unsaturated/α-hetero) is 1. The van der Waals surface area contributed by atoms with Gasteiger partial charge in [0.05, 0.1) is 10.0 Å². The topological polar surface area (TPSA) is 59.1 Å². The molecule has 1 aliphatic carbocycles. The van der Waals surface area contributed by atoms with E-state index in [0.29, 0.717) is 0 Å². The molecule has 0 fully saturated rings. The molecule has 2 aromatic rings. The van der Waals surface area contributed by atoms with E-state index in [2.05, 4.69) is 10.3 Å². The van der Waals surface area contributed by atoms with Crippen LogP contribution in [0, 0.1) is 5.82 Å². The summed E-state index contributed by atoms with van der Waals surface area (Å²) in [7, 11) is 0. The fourth-order valence-corrected chi connectivity index (χ4v) is 3.18. The van der Waals surface area contributed by atoms with E-state index >= 15 is 4.39 Å². The molecular formula is C17H12Cl2F2N2O2. The molecule has 0 saturated heterocycles. The Balaban J connectivity index is 1.84. The molecule has 0 radical (unpaired) electrons. The molecule has 0 spiro atoms. The first kappa shape index (κ1) is 17.8. The van der Waals surface area contributed by atoms with Gasteiger partial charge in [0.25, 0.3) is 5.91 Å². The van der Waals surface area contributed by atoms with Gasteiger partial charge in [-0.05, 0) is 17.7 Å². The van der Waals surface area contributed by atoms with Crippen LogP contribution in [0.1, 0.15) is 34.5 Å². The van der Waals surface area contributed by atoms with Crippen molar-refractivity contribution < 1.29 is 18.4 Å². The molecule has 8 heteroatoms. The monoisotopic (exact) mass is 384 g/mol. The van der Waals surface area contributed by atoms with Gasteiger partial charge < -0.3 is 5.32 Å². The first-order valence-electron chi connectivity index (χ1n) is 7.43. The zero-order valence-electron chi connectivity index (χ0n) is 12.8. The number of benzene rings is 1. The highest BCUT2D eigenvalue weighted by Crippen LogP contribution is 2.38. The Hall–Kier alpha value is -2.05. The number of amides is 1. The Labute approximate surface area is 152 Å². The Morgan fingerprint density at radius 3 is 2.84 bits per heavy atom. The van der Waals surface area contributed by atoms with Gasteiger partial charge in [0, 0.05) is 31.1 Å². The third-order valence-electron chi connectivity index (χ3n) is 4.11. The van der Waals surface area contributed by atoms with Crippen molar-refractivity contribution in [3.8, 4) is 0 Å². The number of nitrogens with one attached hydrogen (secondary N) is 1. The van der Waals surface area contributed by atoms with Crippen LogP contribution in [0.2, 0.25) is 10.0 Å². The van der Waals surface area contributed by atoms with Gasteiger partial charge in [-0.1, -0.05) is 35.3 Å². The Morgan fingerprint density at radius 2 is 2.08 bits per heavy atom. The first-order chi connectivity index (χ1) is 11.8. The molecule has 0 saturated carbocycles. The van der Waals surface area contributed by atoms with E-state index in [1.165, 1.54) is 30.5 Å². The fraction of sp³-hybridized carbons (Fsp3) is 0.235. The predicted molar refractivity (Wildman–Crippen MR) is 88.9 cm³/mol. The van der Waals surface area contributed by atoms with Crippen LogP contribution in [0.15, 0.2) is 30.5 Å². The van der Waals surface area contributed by atoms with Crippen LogP contribution in [0.25, 0.3) is 0 Å². The van der Waals surface area contributed by atoms with Crippen molar-refractivity contribution in [2.45, 2.75) is 25.1 Å². The van der Waals surface area contributed by atoms with E-state index in [9.17, 15) is 14.0 Å². The van der Waals surface area contributed by atoms with Crippen LogP contribution in [-0.4, -0.2) is 16.7 Å². The molecular weight excluding hydrogens is 373 g/mol. The molecule has 0 bridgehead atoms. The summed E-state index contributed by atoms with van der Waals surface area (Å²) in [5.41, 5.74) is -2.22. The largest absolute Gasteiger partial charge is 0.349 e. The van der Waals surface area contributed by atoms with Crippen LogP contribution in [0.4, 0.5) is 8.78 Å². The van der Waals surface area contributed by atoms with Crippen LogP contribution in [-0.2, 0) is 17.0 Å². The number of ketones is 1. The lowest BCUT2D eigenvalue weighted by molar-refractivity contribution is -0.134. The Bertz CT molecular complexity index is 876. The number of aromatic nitrogens is 1. The highest BCUT2D eigenvalue weighted by Gasteiger charge is 2.46. The molecule has 130 valence electrons. The summed E-state index contributed by atoms with van der Waals surface area (Å²) in [6, 6.07) is 5.57. The fourth-order valence-electron chi connectivity index (χ4n) is 2.74. The first-order valence-corrected chi connectivity index (χ1v) is 8.18. The number of nitrogens with zero attached hydrogens (tertiary/aromatic N) is 1. The second-order valence-corrected chi connectivity index (χ2v) is 6.43. The smallest absolute Gasteiger partial charge is 0.262 e. The van der Waals surface area contributed by atoms with Crippen LogP contribution in [0.3, 0.4) is 0 Å². The van der Waals surface area contributed by atoms with Crippen LogP contribution in [0.5, 0.6) is 0 Å². The summed E-state index contributed by atoms with van der Waals surface area (Å²) in [5.74, 6) is -2.04. The van der Waals surface area contributed by atoms with Crippen molar-refractivity contribution in [3.05, 3.63) is 63.1 Å². The van der Waals surface area contributed by atoms with Crippen molar-refractivity contribution in [3.63, 3.8) is 0 Å². The van der Waals surface area contributed by atoms with Gasteiger partial charge in [-0.25, -0.2) is 8.78 Å². The number of hydrogen-bond donors (Lipinski definition) is 1. The number of rotatable bonds is 3. The molecule has 1 amide bonds. The second kappa shape index (κ2) is 6.69. The van der Waals surface area contributed by atoms with Gasteiger partial charge in [0.1, 0.15) is 5.69 Å². The second-order valence-electron chi connectivity index (χ2n) is 5.64. The average Bonchev–Trinajstić information content (AvgIpc) is 2.62. The van der Waals surface area contributed by atoms with E-state index in [1.54, 1.807) is 0 Å². The van der Waals surface area contributed by atoms with E-state index in [-0.39, 0.29) is 52.0 Å². The molecule has 3 rings (SSSR count). The summed E-state index contributed by atoms with van der Waals surface area (Å²) >= 11 is 11.5. The normalized spacial score (nSPS) is 19.4. The molecule has 1 aliphatic rings. The zero-order chi connectivity index (χ0) is 18.2. The number of halogens is 4. The van der Waals surface area contributed by atoms with Gasteiger partial charge in [-0.15, -0.1) is 0 Å². The van der Waals surface area contributed by atoms with Gasteiger partial charge in [-0.2, -0.15) is 0 Å². The lowest BCUT2D eigenvalue weighted by Crippen LogP contribution is -2.44. The molecule has 1 heterocycles. The predicted octanol–water partition coefficient (Wildman–Crippen LogP) is 3.99. The minimum absolute atomic E-state index is 0.0398. The summed E-state index contributed by atoms with van der Waals surface area (Å²) in [4.78, 5) is 28.2. The number of carbonyl (C=O) groups is 2. The standard InChI is InChI=1S/C17H12Cl2F2N2O2/c18-11-4-3-9(13(19)14(11)20)8-23-16(25)17(21)6-5-12(24)15-10(17)2-1-7-22-15/h1-4,7H,5-6,8H2,(H,23,25)/t17-/m0/s1. The molecule has 4 nitrogen and oxygen atoms in total. The van der Waals surface area contributed by atoms with Crippen molar-refractivity contribution in [2.24, 2.45) is 0 Å². The number of alkyl halides is 1. The third kappa shape index (κ3) is 3.12. The summed E-state index contributed by atoms with van der Waals surface area (Å²) in [5, 5.41) is 2.03. The number of carbonyl (C=O) groups excluding carboxylic acids is 2. The van der Waals surface area contributed by atoms with E-state index in [0.717, 1.165) is 0 Å². The average molecular weight is 385 g/mol. The van der Waals surface area contributed by atoms with Crippen LogP contribution < -0.4 is 5.32 Å². The molecule has 25 heavy (non-hydrogen) atoms. The lowest BCUT2D eigenvalue weighted by atomic mass is 9.81. The maximum atomic E-state index is 15.3. The van der Waals surface area contributed by atoms with Gasteiger partial charge in [0.2, 0.25) is 5.67 Å². The molecule has 0 aliphatic heterocycles. The van der Waals surface area contributed by atoms with E-state index in [4.69, 9.17) is 23.2 Å². The van der Waals surface area contributed by atoms with Gasteiger partial charge >= 0.3 is 0 Å². The number of hydrogen-bond acceptors (Lipinski definition) is 3. The van der Waals surface area contributed by atoms with Crippen molar-refractivity contribution in [1.29, 1.82) is 0 Å². The highest BCUT2D eigenvalue weighted by molar-refractivity contribution is 6.35. The lowest BCUT2D eigenvalue weighted by Gasteiger charge is -2.29. The summed E-state index contributed by atoms with van der Waals surface area (Å²) < 4.78 is 29.0. The number of fused-ring (bicyclic) bond motifs is 1. The van der Waals surface area contributed by atoms with E-state index < -0.39 is 17.4 Å². The van der Waals surface area contributed by atoms with E-state index in [1.807, 2.05) is 0 Å². The Kier molecular flexibility index (Phi) is 4.75. The maximum Gasteiger partial charge on any atom is 0.262 e. The molecule has 0 unspecified atom stereocenters. The van der Waals surface area contributed by atoms with Gasteiger partial charge in [-0.3, -0.25) is 14.6 Å².